The van der Waals surface area contributed by atoms with Crippen LogP contribution in [-0.2, 0) is 0 Å². The fraction of sp³-hybridized carbons (Fsp3) is 0. The SMILES string of the molecule is c1ccc2c(c1)ccc1c2c2c3ccccc3c3c4ccccc4oc3c2n1-c1nc(-c2ccc3sc4ccccc4c3c2)c2oc3ccccc3c2n1. The van der Waals surface area contributed by atoms with Gasteiger partial charge in [0.05, 0.1) is 5.52 Å². The number of furan rings is 2. The average molecular weight is 708 g/mol. The Bertz CT molecular complexity index is 3750. The molecule has 0 radical (unpaired) electrons. The summed E-state index contributed by atoms with van der Waals surface area (Å²) in [5.74, 6) is 0.562. The molecule has 0 aliphatic rings. The van der Waals surface area contributed by atoms with Crippen molar-refractivity contribution in [1.82, 2.24) is 14.5 Å². The van der Waals surface area contributed by atoms with Gasteiger partial charge >= 0.3 is 0 Å². The first-order valence-electron chi connectivity index (χ1n) is 18.1. The summed E-state index contributed by atoms with van der Waals surface area (Å²) in [6.45, 7) is 0. The van der Waals surface area contributed by atoms with Gasteiger partial charge in [-0.1, -0.05) is 109 Å². The largest absolute Gasteiger partial charge is 0.454 e. The molecule has 5 nitrogen and oxygen atoms in total. The first-order valence-corrected chi connectivity index (χ1v) is 18.9. The van der Waals surface area contributed by atoms with Crippen LogP contribution in [0.5, 0.6) is 0 Å². The summed E-state index contributed by atoms with van der Waals surface area (Å²) in [6, 6.07) is 53.5. The van der Waals surface area contributed by atoms with Gasteiger partial charge in [-0.25, -0.2) is 9.97 Å². The van der Waals surface area contributed by atoms with Crippen LogP contribution in [0.4, 0.5) is 0 Å². The Kier molecular flexibility index (Phi) is 5.45. The Balaban J connectivity index is 1.25. The lowest BCUT2D eigenvalue weighted by Gasteiger charge is -2.10. The molecule has 0 N–H and O–H groups in total. The first kappa shape index (κ1) is 28.6. The maximum absolute atomic E-state index is 6.92. The molecule has 54 heavy (non-hydrogen) atoms. The molecule has 0 aliphatic heterocycles. The van der Waals surface area contributed by atoms with Crippen molar-refractivity contribution in [2.45, 2.75) is 0 Å². The highest BCUT2D eigenvalue weighted by Crippen LogP contribution is 2.48. The predicted molar refractivity (Wildman–Crippen MR) is 224 cm³/mol. The highest BCUT2D eigenvalue weighted by Gasteiger charge is 2.27. The zero-order chi connectivity index (χ0) is 35.1. The minimum atomic E-state index is 0.562. The number of benzene rings is 8. The zero-order valence-corrected chi connectivity index (χ0v) is 29.3. The maximum Gasteiger partial charge on any atom is 0.236 e. The van der Waals surface area contributed by atoms with Gasteiger partial charge in [0.2, 0.25) is 5.95 Å². The van der Waals surface area contributed by atoms with Crippen molar-refractivity contribution < 1.29 is 8.83 Å². The topological polar surface area (TPSA) is 57.0 Å². The second-order valence-electron chi connectivity index (χ2n) is 14.0. The number of para-hydroxylation sites is 2. The number of aromatic nitrogens is 3. The molecule has 0 saturated heterocycles. The molecular weight excluding hydrogens is 683 g/mol. The van der Waals surface area contributed by atoms with Crippen LogP contribution in [0.3, 0.4) is 0 Å². The third-order valence-corrected chi connectivity index (χ3v) is 12.3. The van der Waals surface area contributed by atoms with Gasteiger partial charge in [-0.05, 0) is 64.0 Å². The normalized spacial score (nSPS) is 12.4. The van der Waals surface area contributed by atoms with Crippen LogP contribution in [0.25, 0.3) is 125 Å². The monoisotopic (exact) mass is 707 g/mol. The maximum atomic E-state index is 6.92. The Labute approximate surface area is 309 Å². The van der Waals surface area contributed by atoms with E-state index in [2.05, 4.69) is 132 Å². The van der Waals surface area contributed by atoms with E-state index in [-0.39, 0.29) is 0 Å². The molecule has 0 unspecified atom stereocenters. The van der Waals surface area contributed by atoms with Crippen molar-refractivity contribution in [3.8, 4) is 17.2 Å². The van der Waals surface area contributed by atoms with E-state index in [4.69, 9.17) is 18.8 Å². The molecule has 0 fully saturated rings. The molecule has 250 valence electrons. The minimum Gasteiger partial charge on any atom is -0.454 e. The van der Waals surface area contributed by atoms with Crippen molar-refractivity contribution in [3.05, 3.63) is 152 Å². The lowest BCUT2D eigenvalue weighted by Crippen LogP contribution is -2.03. The van der Waals surface area contributed by atoms with E-state index in [1.165, 1.54) is 30.9 Å². The van der Waals surface area contributed by atoms with Crippen molar-refractivity contribution in [3.63, 3.8) is 0 Å². The van der Waals surface area contributed by atoms with Crippen LogP contribution in [0.2, 0.25) is 0 Å². The fourth-order valence-corrected chi connectivity index (χ4v) is 9.98. The molecule has 13 aromatic rings. The number of thiophene rings is 1. The van der Waals surface area contributed by atoms with Crippen molar-refractivity contribution in [2.24, 2.45) is 0 Å². The zero-order valence-electron chi connectivity index (χ0n) is 28.5. The Hall–Kier alpha value is -7.02. The number of rotatable bonds is 2. The molecule has 8 aromatic carbocycles. The predicted octanol–water partition coefficient (Wildman–Crippen LogP) is 13.7. The number of hydrogen-bond acceptors (Lipinski definition) is 5. The van der Waals surface area contributed by atoms with E-state index >= 15 is 0 Å². The van der Waals surface area contributed by atoms with Crippen LogP contribution in [0, 0.1) is 0 Å². The molecule has 0 saturated carbocycles. The highest BCUT2D eigenvalue weighted by atomic mass is 32.1. The molecule has 0 aliphatic carbocycles. The van der Waals surface area contributed by atoms with Gasteiger partial charge in [0, 0.05) is 52.7 Å². The Morgan fingerprint density at radius 3 is 1.96 bits per heavy atom. The van der Waals surface area contributed by atoms with Crippen LogP contribution >= 0.6 is 11.3 Å². The molecule has 13 rings (SSSR count). The van der Waals surface area contributed by atoms with Crippen molar-refractivity contribution in [1.29, 1.82) is 0 Å². The molecule has 0 spiro atoms. The molecule has 0 amide bonds. The lowest BCUT2D eigenvalue weighted by atomic mass is 9.97. The first-order chi connectivity index (χ1) is 26.8. The summed E-state index contributed by atoms with van der Waals surface area (Å²) in [7, 11) is 0. The Morgan fingerprint density at radius 1 is 0.463 bits per heavy atom. The number of fused-ring (bicyclic) bond motifs is 18. The summed E-state index contributed by atoms with van der Waals surface area (Å²) >= 11 is 1.81. The summed E-state index contributed by atoms with van der Waals surface area (Å²) in [4.78, 5) is 11.0. The second-order valence-corrected chi connectivity index (χ2v) is 15.1. The van der Waals surface area contributed by atoms with Crippen LogP contribution in [0.15, 0.2) is 160 Å². The van der Waals surface area contributed by atoms with Gasteiger partial charge in [-0.3, -0.25) is 4.57 Å². The van der Waals surface area contributed by atoms with E-state index in [9.17, 15) is 0 Å². The van der Waals surface area contributed by atoms with Gasteiger partial charge in [0.25, 0.3) is 0 Å². The van der Waals surface area contributed by atoms with Gasteiger partial charge < -0.3 is 8.83 Å². The second kappa shape index (κ2) is 10.3. The van der Waals surface area contributed by atoms with Gasteiger partial charge in [0.15, 0.2) is 11.2 Å². The standard InChI is InChI=1S/C48H25N3O2S/c1-2-12-28-26(11-1)21-23-35-41(28)42-31-15-4-3-14-30(31)40-32-16-5-8-18-36(32)52-46(40)45(42)51(35)48-49-43(47-44(50-48)33-17-6-9-19-37(33)53-47)27-22-24-39-34(25-27)29-13-7-10-20-38(29)54-39/h1-25H. The van der Waals surface area contributed by atoms with Gasteiger partial charge in [0.1, 0.15) is 27.9 Å². The summed E-state index contributed by atoms with van der Waals surface area (Å²) < 4.78 is 18.3. The molecular formula is C48H25N3O2S. The third-order valence-electron chi connectivity index (χ3n) is 11.2. The van der Waals surface area contributed by atoms with E-state index in [0.717, 1.165) is 82.3 Å². The third kappa shape index (κ3) is 3.67. The van der Waals surface area contributed by atoms with Crippen LogP contribution in [0.1, 0.15) is 0 Å². The quantitative estimate of drug-likeness (QED) is 0.179. The summed E-state index contributed by atoms with van der Waals surface area (Å²) in [5.41, 5.74) is 7.58. The van der Waals surface area contributed by atoms with Gasteiger partial charge in [-0.15, -0.1) is 11.3 Å². The Morgan fingerprint density at radius 2 is 1.11 bits per heavy atom. The lowest BCUT2D eigenvalue weighted by molar-refractivity contribution is 0.666. The van der Waals surface area contributed by atoms with Gasteiger partial charge in [-0.2, -0.15) is 0 Å². The van der Waals surface area contributed by atoms with Crippen LogP contribution in [-0.4, -0.2) is 14.5 Å². The molecule has 5 heterocycles. The van der Waals surface area contributed by atoms with E-state index in [1.54, 1.807) is 0 Å². The summed E-state index contributed by atoms with van der Waals surface area (Å²) in [5, 5.41) is 12.5. The smallest absolute Gasteiger partial charge is 0.236 e. The number of nitrogens with zero attached hydrogens (tertiary/aromatic N) is 3. The molecule has 0 atom stereocenters. The molecule has 5 aromatic heterocycles. The fourth-order valence-electron chi connectivity index (χ4n) is 8.89. The summed E-state index contributed by atoms with van der Waals surface area (Å²) in [6.07, 6.45) is 0. The molecule has 6 heteroatoms. The highest BCUT2D eigenvalue weighted by molar-refractivity contribution is 7.25. The van der Waals surface area contributed by atoms with Crippen LogP contribution < -0.4 is 0 Å². The van der Waals surface area contributed by atoms with Crippen molar-refractivity contribution >= 4 is 119 Å². The van der Waals surface area contributed by atoms with E-state index in [1.807, 2.05) is 35.6 Å². The van der Waals surface area contributed by atoms with E-state index < -0.39 is 0 Å². The average Bonchev–Trinajstić information content (AvgIpc) is 3.99. The molecule has 0 bridgehead atoms. The van der Waals surface area contributed by atoms with E-state index in [0.29, 0.717) is 11.5 Å². The minimum absolute atomic E-state index is 0.562. The van der Waals surface area contributed by atoms with Crippen molar-refractivity contribution in [2.75, 3.05) is 0 Å². The number of hydrogen-bond donors (Lipinski definition) is 0.